The van der Waals surface area contributed by atoms with Gasteiger partial charge in [-0.05, 0) is 49.7 Å². The second kappa shape index (κ2) is 9.85. The molecule has 1 aliphatic heterocycles. The van der Waals surface area contributed by atoms with Gasteiger partial charge in [0.2, 0.25) is 0 Å². The standard InChI is InChI=1S/C22H28N2O3S/c1-27-21-11-4-3-10-19(21)20(24-12-5-6-13-24)15-23-22(25)18-9-7-8-17(14-18)16-28(2)26/h3-4,7-11,14,20H,5-6,12-13,15-16H2,1-2H3,(H,23,25). The number of ether oxygens (including phenoxy) is 1. The van der Waals surface area contributed by atoms with E-state index >= 15 is 0 Å². The van der Waals surface area contributed by atoms with Crippen molar-refractivity contribution in [3.63, 3.8) is 0 Å². The van der Waals surface area contributed by atoms with Crippen LogP contribution in [0.15, 0.2) is 48.5 Å². The molecule has 28 heavy (non-hydrogen) atoms. The van der Waals surface area contributed by atoms with E-state index in [0.717, 1.165) is 30.0 Å². The molecular weight excluding hydrogens is 372 g/mol. The number of carbonyl (C=O) groups excluding carboxylic acids is 1. The Morgan fingerprint density at radius 2 is 1.93 bits per heavy atom. The number of amides is 1. The van der Waals surface area contributed by atoms with Gasteiger partial charge in [0.25, 0.3) is 5.91 Å². The first kappa shape index (κ1) is 20.6. The SMILES string of the molecule is COc1ccccc1C(CNC(=O)c1cccc(CS(C)=O)c1)N1CCCC1. The summed E-state index contributed by atoms with van der Waals surface area (Å²) in [7, 11) is 0.750. The van der Waals surface area contributed by atoms with E-state index in [1.54, 1.807) is 19.4 Å². The van der Waals surface area contributed by atoms with E-state index in [-0.39, 0.29) is 11.9 Å². The van der Waals surface area contributed by atoms with Crippen LogP contribution < -0.4 is 10.1 Å². The van der Waals surface area contributed by atoms with Crippen molar-refractivity contribution in [2.24, 2.45) is 0 Å². The zero-order valence-corrected chi connectivity index (χ0v) is 17.3. The van der Waals surface area contributed by atoms with Crippen molar-refractivity contribution in [2.75, 3.05) is 33.0 Å². The van der Waals surface area contributed by atoms with Crippen LogP contribution in [0.25, 0.3) is 0 Å². The lowest BCUT2D eigenvalue weighted by Gasteiger charge is -2.29. The van der Waals surface area contributed by atoms with E-state index < -0.39 is 10.8 Å². The highest BCUT2D eigenvalue weighted by Gasteiger charge is 2.26. The number of benzene rings is 2. The van der Waals surface area contributed by atoms with Gasteiger partial charge < -0.3 is 10.1 Å². The second-order valence-electron chi connectivity index (χ2n) is 7.13. The average Bonchev–Trinajstić information content (AvgIpc) is 3.22. The Labute approximate surface area is 169 Å². The fraction of sp³-hybridized carbons (Fsp3) is 0.409. The Morgan fingerprint density at radius 1 is 1.18 bits per heavy atom. The first-order valence-corrected chi connectivity index (χ1v) is 11.4. The van der Waals surface area contributed by atoms with Gasteiger partial charge in [0.05, 0.1) is 13.2 Å². The quantitative estimate of drug-likeness (QED) is 0.740. The Morgan fingerprint density at radius 3 is 2.64 bits per heavy atom. The van der Waals surface area contributed by atoms with E-state index in [9.17, 15) is 9.00 Å². The van der Waals surface area contributed by atoms with Crippen molar-refractivity contribution in [3.05, 3.63) is 65.2 Å². The molecule has 2 atom stereocenters. The monoisotopic (exact) mass is 400 g/mol. The Bertz CT molecular complexity index is 834. The van der Waals surface area contributed by atoms with E-state index in [2.05, 4.69) is 16.3 Å². The Balaban J connectivity index is 1.75. The highest BCUT2D eigenvalue weighted by atomic mass is 32.2. The molecule has 1 amide bonds. The number of methoxy groups -OCH3 is 1. The zero-order valence-electron chi connectivity index (χ0n) is 16.5. The predicted molar refractivity (Wildman–Crippen MR) is 113 cm³/mol. The highest BCUT2D eigenvalue weighted by molar-refractivity contribution is 7.83. The first-order valence-electron chi connectivity index (χ1n) is 9.62. The lowest BCUT2D eigenvalue weighted by molar-refractivity contribution is 0.0937. The molecule has 1 heterocycles. The highest BCUT2D eigenvalue weighted by Crippen LogP contribution is 2.31. The molecule has 0 aromatic heterocycles. The van der Waals surface area contributed by atoms with Gasteiger partial charge in [-0.25, -0.2) is 0 Å². The van der Waals surface area contributed by atoms with Crippen molar-refractivity contribution in [1.29, 1.82) is 0 Å². The summed E-state index contributed by atoms with van der Waals surface area (Å²) in [6.07, 6.45) is 4.02. The molecule has 2 aromatic rings. The van der Waals surface area contributed by atoms with Gasteiger partial charge in [-0.2, -0.15) is 0 Å². The summed E-state index contributed by atoms with van der Waals surface area (Å²) >= 11 is 0. The van der Waals surface area contributed by atoms with Crippen molar-refractivity contribution in [2.45, 2.75) is 24.6 Å². The van der Waals surface area contributed by atoms with Crippen LogP contribution in [-0.2, 0) is 16.6 Å². The van der Waals surface area contributed by atoms with Gasteiger partial charge in [-0.1, -0.05) is 30.3 Å². The zero-order chi connectivity index (χ0) is 19.9. The minimum atomic E-state index is -0.932. The van der Waals surface area contributed by atoms with E-state index in [1.807, 2.05) is 36.4 Å². The molecule has 5 nitrogen and oxygen atoms in total. The minimum absolute atomic E-state index is 0.0777. The first-order chi connectivity index (χ1) is 13.6. The Kier molecular flexibility index (Phi) is 7.23. The molecule has 3 rings (SSSR count). The van der Waals surface area contributed by atoms with Gasteiger partial charge in [0.1, 0.15) is 5.75 Å². The van der Waals surface area contributed by atoms with E-state index in [4.69, 9.17) is 4.74 Å². The van der Waals surface area contributed by atoms with Gasteiger partial charge >= 0.3 is 0 Å². The van der Waals surface area contributed by atoms with Crippen LogP contribution in [0.3, 0.4) is 0 Å². The molecule has 6 heteroatoms. The summed E-state index contributed by atoms with van der Waals surface area (Å²) in [5, 5.41) is 3.09. The van der Waals surface area contributed by atoms with Crippen LogP contribution in [0, 0.1) is 0 Å². The topological polar surface area (TPSA) is 58.6 Å². The summed E-state index contributed by atoms with van der Waals surface area (Å²) in [6, 6.07) is 15.5. The van der Waals surface area contributed by atoms with Crippen LogP contribution in [0.2, 0.25) is 0 Å². The maximum Gasteiger partial charge on any atom is 0.251 e. The third kappa shape index (κ3) is 5.20. The molecule has 0 saturated carbocycles. The Hall–Kier alpha value is -2.18. The van der Waals surface area contributed by atoms with Crippen molar-refractivity contribution in [1.82, 2.24) is 10.2 Å². The van der Waals surface area contributed by atoms with Crippen molar-refractivity contribution in [3.8, 4) is 5.75 Å². The fourth-order valence-corrected chi connectivity index (χ4v) is 4.41. The second-order valence-corrected chi connectivity index (χ2v) is 8.56. The summed E-state index contributed by atoms with van der Waals surface area (Å²) in [4.78, 5) is 15.2. The molecule has 0 aliphatic carbocycles. The summed E-state index contributed by atoms with van der Waals surface area (Å²) < 4.78 is 17.0. The molecule has 0 spiro atoms. The minimum Gasteiger partial charge on any atom is -0.496 e. The van der Waals surface area contributed by atoms with Crippen molar-refractivity contribution >= 4 is 16.7 Å². The van der Waals surface area contributed by atoms with Crippen LogP contribution in [-0.4, -0.2) is 48.0 Å². The van der Waals surface area contributed by atoms with Gasteiger partial charge in [-0.3, -0.25) is 13.9 Å². The summed E-state index contributed by atoms with van der Waals surface area (Å²) in [5.74, 6) is 1.20. The molecule has 2 aromatic carbocycles. The normalized spacial score (nSPS) is 16.5. The van der Waals surface area contributed by atoms with Gasteiger partial charge in [0, 0.05) is 40.5 Å². The lowest BCUT2D eigenvalue weighted by Crippen LogP contribution is -2.37. The third-order valence-corrected chi connectivity index (χ3v) is 5.83. The third-order valence-electron chi connectivity index (χ3n) is 5.09. The van der Waals surface area contributed by atoms with Gasteiger partial charge in [-0.15, -0.1) is 0 Å². The van der Waals surface area contributed by atoms with E-state index in [0.29, 0.717) is 17.9 Å². The number of para-hydroxylation sites is 1. The maximum atomic E-state index is 12.8. The molecule has 1 aliphatic rings. The largest absolute Gasteiger partial charge is 0.496 e. The number of rotatable bonds is 8. The smallest absolute Gasteiger partial charge is 0.251 e. The summed E-state index contributed by atoms with van der Waals surface area (Å²) in [6.45, 7) is 2.57. The number of nitrogens with zero attached hydrogens (tertiary/aromatic N) is 1. The van der Waals surface area contributed by atoms with Crippen LogP contribution >= 0.6 is 0 Å². The number of hydrogen-bond acceptors (Lipinski definition) is 4. The molecule has 1 saturated heterocycles. The molecule has 0 bridgehead atoms. The molecule has 1 fully saturated rings. The predicted octanol–water partition coefficient (Wildman–Crippen LogP) is 3.14. The van der Waals surface area contributed by atoms with Crippen LogP contribution in [0.5, 0.6) is 5.75 Å². The molecule has 2 unspecified atom stereocenters. The average molecular weight is 401 g/mol. The molecule has 1 N–H and O–H groups in total. The van der Waals surface area contributed by atoms with Crippen LogP contribution in [0.4, 0.5) is 0 Å². The fourth-order valence-electron chi connectivity index (χ4n) is 3.76. The molecule has 0 radical (unpaired) electrons. The number of hydrogen-bond donors (Lipinski definition) is 1. The molecular formula is C22H28N2O3S. The van der Waals surface area contributed by atoms with Crippen molar-refractivity contribution < 1.29 is 13.7 Å². The maximum absolute atomic E-state index is 12.8. The molecule has 150 valence electrons. The summed E-state index contributed by atoms with van der Waals surface area (Å²) in [5.41, 5.74) is 2.61. The van der Waals surface area contributed by atoms with E-state index in [1.165, 1.54) is 12.8 Å². The van der Waals surface area contributed by atoms with Gasteiger partial charge in [0.15, 0.2) is 0 Å². The number of likely N-dealkylation sites (tertiary alicyclic amines) is 1. The number of nitrogens with one attached hydrogen (secondary N) is 1. The van der Waals surface area contributed by atoms with Crippen LogP contribution in [0.1, 0.15) is 40.4 Å². The number of carbonyl (C=O) groups is 1. The lowest BCUT2D eigenvalue weighted by atomic mass is 10.0.